The molecular formula is C19H15N3O3S2. The maximum Gasteiger partial charge on any atom is 0.293 e. The van der Waals surface area contributed by atoms with Gasteiger partial charge < -0.3 is 14.5 Å². The number of benzene rings is 2. The Hall–Kier alpha value is -2.97. The first-order chi connectivity index (χ1) is 13.1. The summed E-state index contributed by atoms with van der Waals surface area (Å²) in [5.74, 6) is 0.579. The number of carbonyl (C=O) groups is 1. The number of thiocarbonyl (C=S) groups is 1. The Morgan fingerprint density at radius 1 is 1.26 bits per heavy atom. The minimum Gasteiger partial charge on any atom is -0.494 e. The zero-order chi connectivity index (χ0) is 18.8. The standard InChI is InChI=1S/C19H15N3O3S2/c1-2-24-12-7-8-13-16(10-12)27-19(20-13)22-18(26)21-17(23)15-9-11-5-3-4-6-14(11)25-15/h3-10H,2H2,1H3,(H2,20,21,22,23,26). The van der Waals surface area contributed by atoms with Gasteiger partial charge in [0.1, 0.15) is 11.3 Å². The van der Waals surface area contributed by atoms with Crippen LogP contribution in [0.25, 0.3) is 21.2 Å². The molecule has 6 nitrogen and oxygen atoms in total. The number of carbonyl (C=O) groups excluding carboxylic acids is 1. The van der Waals surface area contributed by atoms with Gasteiger partial charge in [0.25, 0.3) is 5.91 Å². The van der Waals surface area contributed by atoms with Gasteiger partial charge in [-0.05, 0) is 49.5 Å². The van der Waals surface area contributed by atoms with Crippen molar-refractivity contribution in [1.29, 1.82) is 0 Å². The van der Waals surface area contributed by atoms with Gasteiger partial charge >= 0.3 is 0 Å². The van der Waals surface area contributed by atoms with Crippen molar-refractivity contribution >= 4 is 60.9 Å². The monoisotopic (exact) mass is 397 g/mol. The summed E-state index contributed by atoms with van der Waals surface area (Å²) in [6, 6.07) is 14.8. The molecule has 1 amide bonds. The zero-order valence-corrected chi connectivity index (χ0v) is 15.9. The molecule has 0 radical (unpaired) electrons. The summed E-state index contributed by atoms with van der Waals surface area (Å²) in [7, 11) is 0. The van der Waals surface area contributed by atoms with Gasteiger partial charge in [0.15, 0.2) is 16.0 Å². The number of hydrogen-bond donors (Lipinski definition) is 2. The summed E-state index contributed by atoms with van der Waals surface area (Å²) >= 11 is 6.65. The Kier molecular flexibility index (Phi) is 4.74. The van der Waals surface area contributed by atoms with E-state index < -0.39 is 5.91 Å². The third-order valence-electron chi connectivity index (χ3n) is 3.77. The van der Waals surface area contributed by atoms with E-state index in [9.17, 15) is 4.79 Å². The SMILES string of the molecule is CCOc1ccc2nc(NC(=S)NC(=O)c3cc4ccccc4o3)sc2c1. The van der Waals surface area contributed by atoms with E-state index in [1.807, 2.05) is 43.3 Å². The maximum absolute atomic E-state index is 12.3. The highest BCUT2D eigenvalue weighted by atomic mass is 32.1. The molecule has 0 atom stereocenters. The van der Waals surface area contributed by atoms with E-state index >= 15 is 0 Å². The fourth-order valence-corrected chi connectivity index (χ4v) is 3.75. The van der Waals surface area contributed by atoms with E-state index in [-0.39, 0.29) is 10.9 Å². The van der Waals surface area contributed by atoms with Crippen LogP contribution in [0.5, 0.6) is 5.75 Å². The summed E-state index contributed by atoms with van der Waals surface area (Å²) in [6.07, 6.45) is 0. The number of amides is 1. The minimum absolute atomic E-state index is 0.157. The predicted octanol–water partition coefficient (Wildman–Crippen LogP) is 4.57. The highest BCUT2D eigenvalue weighted by Crippen LogP contribution is 2.29. The molecule has 2 heterocycles. The Labute approximate surface area is 164 Å². The molecule has 136 valence electrons. The van der Waals surface area contributed by atoms with Crippen molar-refractivity contribution < 1.29 is 13.9 Å². The van der Waals surface area contributed by atoms with Crippen LogP contribution in [0, 0.1) is 0 Å². The number of nitrogens with one attached hydrogen (secondary N) is 2. The molecule has 4 aromatic rings. The molecule has 0 bridgehead atoms. The van der Waals surface area contributed by atoms with Crippen molar-refractivity contribution in [2.45, 2.75) is 6.92 Å². The molecule has 0 spiro atoms. The molecule has 0 aliphatic rings. The summed E-state index contributed by atoms with van der Waals surface area (Å²) in [5, 5.41) is 7.16. The lowest BCUT2D eigenvalue weighted by atomic mass is 10.2. The van der Waals surface area contributed by atoms with E-state index in [4.69, 9.17) is 21.4 Å². The highest BCUT2D eigenvalue weighted by molar-refractivity contribution is 7.80. The highest BCUT2D eigenvalue weighted by Gasteiger charge is 2.14. The normalized spacial score (nSPS) is 10.9. The second kappa shape index (κ2) is 7.34. The van der Waals surface area contributed by atoms with Crippen LogP contribution in [0.1, 0.15) is 17.5 Å². The number of fused-ring (bicyclic) bond motifs is 2. The molecule has 27 heavy (non-hydrogen) atoms. The van der Waals surface area contributed by atoms with Gasteiger partial charge in [-0.1, -0.05) is 29.5 Å². The third kappa shape index (κ3) is 3.76. The van der Waals surface area contributed by atoms with Gasteiger partial charge in [0.2, 0.25) is 0 Å². The van der Waals surface area contributed by atoms with Gasteiger partial charge in [-0.25, -0.2) is 4.98 Å². The molecule has 0 unspecified atom stereocenters. The summed E-state index contributed by atoms with van der Waals surface area (Å²) < 4.78 is 12.0. The van der Waals surface area contributed by atoms with E-state index in [1.165, 1.54) is 11.3 Å². The molecule has 2 aromatic heterocycles. The fourth-order valence-electron chi connectivity index (χ4n) is 2.60. The number of aromatic nitrogens is 1. The number of nitrogens with zero attached hydrogens (tertiary/aromatic N) is 1. The lowest BCUT2D eigenvalue weighted by molar-refractivity contribution is 0.0953. The number of rotatable bonds is 4. The van der Waals surface area contributed by atoms with Crippen molar-refractivity contribution in [2.75, 3.05) is 11.9 Å². The van der Waals surface area contributed by atoms with E-state index in [0.717, 1.165) is 21.4 Å². The van der Waals surface area contributed by atoms with Crippen LogP contribution in [0.15, 0.2) is 52.9 Å². The average molecular weight is 397 g/mol. The molecule has 2 N–H and O–H groups in total. The van der Waals surface area contributed by atoms with Crippen molar-refractivity contribution in [3.63, 3.8) is 0 Å². The Bertz CT molecular complexity index is 1120. The van der Waals surface area contributed by atoms with Crippen LogP contribution >= 0.6 is 23.6 Å². The molecule has 0 aliphatic carbocycles. The first-order valence-corrected chi connectivity index (χ1v) is 9.49. The van der Waals surface area contributed by atoms with E-state index in [1.54, 1.807) is 12.1 Å². The number of anilines is 1. The molecule has 0 saturated heterocycles. The number of thiazole rings is 1. The van der Waals surface area contributed by atoms with Gasteiger partial charge in [-0.2, -0.15) is 0 Å². The molecule has 0 fully saturated rings. The maximum atomic E-state index is 12.3. The molecular weight excluding hydrogens is 382 g/mol. The Balaban J connectivity index is 1.45. The van der Waals surface area contributed by atoms with Gasteiger partial charge in [0, 0.05) is 5.39 Å². The van der Waals surface area contributed by atoms with Crippen molar-refractivity contribution in [3.8, 4) is 5.75 Å². The van der Waals surface area contributed by atoms with Gasteiger partial charge in [-0.3, -0.25) is 10.1 Å². The van der Waals surface area contributed by atoms with Crippen molar-refractivity contribution in [2.24, 2.45) is 0 Å². The third-order valence-corrected chi connectivity index (χ3v) is 4.91. The summed E-state index contributed by atoms with van der Waals surface area (Å²) in [4.78, 5) is 16.8. The number of hydrogen-bond acceptors (Lipinski definition) is 6. The van der Waals surface area contributed by atoms with Crippen LogP contribution in [0.2, 0.25) is 0 Å². The van der Waals surface area contributed by atoms with Crippen LogP contribution in [-0.4, -0.2) is 22.6 Å². The molecule has 0 saturated carbocycles. The summed E-state index contributed by atoms with van der Waals surface area (Å²) in [5.41, 5.74) is 1.48. The lowest BCUT2D eigenvalue weighted by Gasteiger charge is -2.04. The van der Waals surface area contributed by atoms with Crippen LogP contribution in [0.4, 0.5) is 5.13 Å². The van der Waals surface area contributed by atoms with E-state index in [2.05, 4.69) is 15.6 Å². The molecule has 8 heteroatoms. The molecule has 0 aliphatic heterocycles. The fraction of sp³-hybridized carbons (Fsp3) is 0.105. The van der Waals surface area contributed by atoms with E-state index in [0.29, 0.717) is 17.3 Å². The largest absolute Gasteiger partial charge is 0.494 e. The van der Waals surface area contributed by atoms with Crippen molar-refractivity contribution in [3.05, 3.63) is 54.3 Å². The zero-order valence-electron chi connectivity index (χ0n) is 14.3. The Morgan fingerprint density at radius 2 is 2.11 bits per heavy atom. The Morgan fingerprint density at radius 3 is 2.93 bits per heavy atom. The van der Waals surface area contributed by atoms with Crippen LogP contribution in [0.3, 0.4) is 0 Å². The number of furan rings is 1. The van der Waals surface area contributed by atoms with Crippen molar-refractivity contribution in [1.82, 2.24) is 10.3 Å². The van der Waals surface area contributed by atoms with Crippen LogP contribution < -0.4 is 15.4 Å². The average Bonchev–Trinajstić information content (AvgIpc) is 3.24. The van der Waals surface area contributed by atoms with Gasteiger partial charge in [0.05, 0.1) is 16.8 Å². The molecule has 4 rings (SSSR count). The van der Waals surface area contributed by atoms with Gasteiger partial charge in [-0.15, -0.1) is 0 Å². The topological polar surface area (TPSA) is 76.4 Å². The lowest BCUT2D eigenvalue weighted by Crippen LogP contribution is -2.33. The quantitative estimate of drug-likeness (QED) is 0.491. The number of ether oxygens (including phenoxy) is 1. The summed E-state index contributed by atoms with van der Waals surface area (Å²) in [6.45, 7) is 2.54. The molecule has 2 aromatic carbocycles. The van der Waals surface area contributed by atoms with Crippen LogP contribution in [-0.2, 0) is 0 Å². The minimum atomic E-state index is -0.413. The first kappa shape index (κ1) is 17.4. The predicted molar refractivity (Wildman–Crippen MR) is 111 cm³/mol. The second-order valence-corrected chi connectivity index (χ2v) is 7.08. The smallest absolute Gasteiger partial charge is 0.293 e. The second-order valence-electron chi connectivity index (χ2n) is 5.64. The number of para-hydroxylation sites is 1. The first-order valence-electron chi connectivity index (χ1n) is 8.26.